The van der Waals surface area contributed by atoms with Crippen molar-refractivity contribution < 1.29 is 14.4 Å². The number of likely N-dealkylation sites (tertiary alicyclic amines) is 1. The molecule has 0 radical (unpaired) electrons. The molecule has 3 amide bonds. The molecule has 0 aromatic heterocycles. The minimum Gasteiger partial charge on any atom is -0.326 e. The van der Waals surface area contributed by atoms with Gasteiger partial charge in [-0.3, -0.25) is 19.3 Å². The van der Waals surface area contributed by atoms with E-state index in [1.807, 2.05) is 19.1 Å². The number of fused-ring (bicyclic) bond motifs is 1. The number of imide groups is 1. The van der Waals surface area contributed by atoms with Crippen molar-refractivity contribution in [2.45, 2.75) is 40.0 Å². The first kappa shape index (κ1) is 20.3. The lowest BCUT2D eigenvalue weighted by atomic mass is 9.75. The van der Waals surface area contributed by atoms with Crippen molar-refractivity contribution in [3.63, 3.8) is 0 Å². The van der Waals surface area contributed by atoms with Crippen molar-refractivity contribution in [1.29, 1.82) is 0 Å². The first-order valence-corrected chi connectivity index (χ1v) is 10.6. The van der Waals surface area contributed by atoms with Crippen LogP contribution in [0.25, 0.3) is 11.1 Å². The highest BCUT2D eigenvalue weighted by Crippen LogP contribution is 2.40. The van der Waals surface area contributed by atoms with Crippen LogP contribution < -0.4 is 5.32 Å². The predicted octanol–water partition coefficient (Wildman–Crippen LogP) is 4.25. The smallest absolute Gasteiger partial charge is 0.232 e. The fourth-order valence-corrected chi connectivity index (χ4v) is 4.72. The minimum absolute atomic E-state index is 0.0646. The Morgan fingerprint density at radius 3 is 2.17 bits per heavy atom. The number of carbonyl (C=O) groups excluding carboxylic acids is 3. The molecule has 1 heterocycles. The second-order valence-electron chi connectivity index (χ2n) is 8.78. The molecule has 4 rings (SSSR count). The zero-order valence-corrected chi connectivity index (χ0v) is 18.0. The summed E-state index contributed by atoms with van der Waals surface area (Å²) in [6.07, 6.45) is 1.69. The number of benzene rings is 2. The van der Waals surface area contributed by atoms with E-state index >= 15 is 0 Å². The standard InChI is InChI=1S/C25H28N2O3/c1-14-5-6-17(11-15(14)2)18-8-10-22(16(3)12-18)26-23(28)19-7-9-20-21(13-19)25(30)27(4)24(20)29/h5-6,8,10-12,19-21H,7,9,13H2,1-4H3,(H,26,28). The summed E-state index contributed by atoms with van der Waals surface area (Å²) in [6.45, 7) is 6.20. The third-order valence-electron chi connectivity index (χ3n) is 6.84. The normalized spacial score (nSPS) is 23.5. The summed E-state index contributed by atoms with van der Waals surface area (Å²) >= 11 is 0. The molecule has 156 valence electrons. The second kappa shape index (κ2) is 7.71. The van der Waals surface area contributed by atoms with E-state index in [1.165, 1.54) is 16.0 Å². The number of amides is 3. The van der Waals surface area contributed by atoms with Gasteiger partial charge in [0.1, 0.15) is 0 Å². The maximum absolute atomic E-state index is 12.9. The Morgan fingerprint density at radius 2 is 1.50 bits per heavy atom. The van der Waals surface area contributed by atoms with Crippen LogP contribution in [0.2, 0.25) is 0 Å². The van der Waals surface area contributed by atoms with Crippen LogP contribution >= 0.6 is 0 Å². The van der Waals surface area contributed by atoms with Gasteiger partial charge in [0.2, 0.25) is 17.7 Å². The molecule has 1 saturated carbocycles. The Labute approximate surface area is 177 Å². The first-order valence-electron chi connectivity index (χ1n) is 10.6. The van der Waals surface area contributed by atoms with Gasteiger partial charge < -0.3 is 5.32 Å². The van der Waals surface area contributed by atoms with Gasteiger partial charge >= 0.3 is 0 Å². The van der Waals surface area contributed by atoms with Crippen molar-refractivity contribution in [3.8, 4) is 11.1 Å². The Kier molecular flexibility index (Phi) is 5.22. The molecule has 2 aromatic carbocycles. The quantitative estimate of drug-likeness (QED) is 0.778. The van der Waals surface area contributed by atoms with Gasteiger partial charge in [-0.05, 0) is 80.0 Å². The van der Waals surface area contributed by atoms with Gasteiger partial charge in [-0.25, -0.2) is 0 Å². The maximum Gasteiger partial charge on any atom is 0.232 e. The topological polar surface area (TPSA) is 66.5 Å². The number of nitrogens with one attached hydrogen (secondary N) is 1. The van der Waals surface area contributed by atoms with Gasteiger partial charge in [0, 0.05) is 18.7 Å². The summed E-state index contributed by atoms with van der Waals surface area (Å²) in [6, 6.07) is 12.5. The van der Waals surface area contributed by atoms with Crippen molar-refractivity contribution in [3.05, 3.63) is 53.1 Å². The van der Waals surface area contributed by atoms with Crippen molar-refractivity contribution >= 4 is 23.4 Å². The molecule has 1 N–H and O–H groups in total. The highest BCUT2D eigenvalue weighted by Gasteiger charge is 2.49. The number of nitrogens with zero attached hydrogens (tertiary/aromatic N) is 1. The molecule has 2 aromatic rings. The largest absolute Gasteiger partial charge is 0.326 e. The van der Waals surface area contributed by atoms with E-state index in [2.05, 4.69) is 43.4 Å². The first-order chi connectivity index (χ1) is 14.3. The molecule has 1 aliphatic carbocycles. The van der Waals surface area contributed by atoms with Crippen molar-refractivity contribution in [1.82, 2.24) is 4.90 Å². The molecule has 0 bridgehead atoms. The van der Waals surface area contributed by atoms with Crippen molar-refractivity contribution in [2.75, 3.05) is 12.4 Å². The number of aryl methyl sites for hydroxylation is 3. The van der Waals surface area contributed by atoms with E-state index in [4.69, 9.17) is 0 Å². The molecular weight excluding hydrogens is 376 g/mol. The van der Waals surface area contributed by atoms with Crippen LogP contribution in [-0.2, 0) is 14.4 Å². The van der Waals surface area contributed by atoms with E-state index in [-0.39, 0.29) is 35.5 Å². The Hall–Kier alpha value is -2.95. The van der Waals surface area contributed by atoms with Crippen LogP contribution in [0, 0.1) is 38.5 Å². The second-order valence-corrected chi connectivity index (χ2v) is 8.78. The molecule has 2 fully saturated rings. The Balaban J connectivity index is 1.47. The van der Waals surface area contributed by atoms with Gasteiger partial charge in [-0.2, -0.15) is 0 Å². The molecule has 30 heavy (non-hydrogen) atoms. The zero-order valence-electron chi connectivity index (χ0n) is 18.0. The predicted molar refractivity (Wildman–Crippen MR) is 117 cm³/mol. The molecule has 0 spiro atoms. The number of hydrogen-bond acceptors (Lipinski definition) is 3. The lowest BCUT2D eigenvalue weighted by Crippen LogP contribution is -2.33. The van der Waals surface area contributed by atoms with Gasteiger partial charge in [-0.1, -0.05) is 24.3 Å². The minimum atomic E-state index is -0.347. The zero-order chi connectivity index (χ0) is 21.6. The monoisotopic (exact) mass is 404 g/mol. The molecule has 3 unspecified atom stereocenters. The molecule has 5 heteroatoms. The van der Waals surface area contributed by atoms with Crippen LogP contribution in [0.15, 0.2) is 36.4 Å². The number of rotatable bonds is 3. The molecule has 1 aliphatic heterocycles. The highest BCUT2D eigenvalue weighted by molar-refractivity contribution is 6.05. The van der Waals surface area contributed by atoms with Gasteiger partial charge in [0.15, 0.2) is 0 Å². The number of anilines is 1. The Bertz CT molecular complexity index is 1040. The number of hydrogen-bond donors (Lipinski definition) is 1. The van der Waals surface area contributed by atoms with E-state index in [0.717, 1.165) is 22.4 Å². The molecule has 3 atom stereocenters. The third-order valence-corrected chi connectivity index (χ3v) is 6.84. The summed E-state index contributed by atoms with van der Waals surface area (Å²) in [5, 5.41) is 3.05. The van der Waals surface area contributed by atoms with Crippen LogP contribution in [0.5, 0.6) is 0 Å². The van der Waals surface area contributed by atoms with E-state index in [1.54, 1.807) is 7.05 Å². The summed E-state index contributed by atoms with van der Waals surface area (Å²) in [5.41, 5.74) is 6.59. The van der Waals surface area contributed by atoms with Crippen LogP contribution in [-0.4, -0.2) is 29.7 Å². The summed E-state index contributed by atoms with van der Waals surface area (Å²) in [7, 11) is 1.54. The average molecular weight is 405 g/mol. The maximum atomic E-state index is 12.9. The van der Waals surface area contributed by atoms with Crippen LogP contribution in [0.4, 0.5) is 5.69 Å². The lowest BCUT2D eigenvalue weighted by Gasteiger charge is -2.28. The fourth-order valence-electron chi connectivity index (χ4n) is 4.72. The molecular formula is C25H28N2O3. The summed E-state index contributed by atoms with van der Waals surface area (Å²) in [4.78, 5) is 38.6. The van der Waals surface area contributed by atoms with Gasteiger partial charge in [0.05, 0.1) is 11.8 Å². The average Bonchev–Trinajstić information content (AvgIpc) is 2.95. The van der Waals surface area contributed by atoms with E-state index < -0.39 is 0 Å². The Morgan fingerprint density at radius 1 is 0.867 bits per heavy atom. The van der Waals surface area contributed by atoms with Gasteiger partial charge in [-0.15, -0.1) is 0 Å². The van der Waals surface area contributed by atoms with Crippen LogP contribution in [0.1, 0.15) is 36.0 Å². The summed E-state index contributed by atoms with van der Waals surface area (Å²) in [5.74, 6) is -1.14. The number of carbonyl (C=O) groups is 3. The molecule has 2 aliphatic rings. The third kappa shape index (κ3) is 3.53. The molecule has 5 nitrogen and oxygen atoms in total. The van der Waals surface area contributed by atoms with Crippen molar-refractivity contribution in [2.24, 2.45) is 17.8 Å². The highest BCUT2D eigenvalue weighted by atomic mass is 16.2. The lowest BCUT2D eigenvalue weighted by molar-refractivity contribution is -0.138. The molecule has 1 saturated heterocycles. The fraction of sp³-hybridized carbons (Fsp3) is 0.400. The van der Waals surface area contributed by atoms with E-state index in [9.17, 15) is 14.4 Å². The SMILES string of the molecule is Cc1ccc(-c2ccc(NC(=O)C3CCC4C(=O)N(C)C(=O)C4C3)c(C)c2)cc1C. The summed E-state index contributed by atoms with van der Waals surface area (Å²) < 4.78 is 0. The van der Waals surface area contributed by atoms with Crippen LogP contribution in [0.3, 0.4) is 0 Å². The van der Waals surface area contributed by atoms with Gasteiger partial charge in [0.25, 0.3) is 0 Å². The van der Waals surface area contributed by atoms with E-state index in [0.29, 0.717) is 19.3 Å².